The maximum Gasteiger partial charge on any atom is 0.303 e. The van der Waals surface area contributed by atoms with E-state index in [0.29, 0.717) is 13.0 Å². The lowest BCUT2D eigenvalue weighted by molar-refractivity contribution is -0.137. The molecule has 0 radical (unpaired) electrons. The van der Waals surface area contributed by atoms with E-state index in [1.165, 1.54) is 0 Å². The highest BCUT2D eigenvalue weighted by Crippen LogP contribution is 2.29. The van der Waals surface area contributed by atoms with Gasteiger partial charge < -0.3 is 15.2 Å². The highest BCUT2D eigenvalue weighted by atomic mass is 16.5. The largest absolute Gasteiger partial charge is 0.494 e. The second-order valence-corrected chi connectivity index (χ2v) is 8.48. The van der Waals surface area contributed by atoms with Gasteiger partial charge in [0.2, 0.25) is 0 Å². The summed E-state index contributed by atoms with van der Waals surface area (Å²) in [5.74, 6) is 0.773. The van der Waals surface area contributed by atoms with E-state index >= 15 is 0 Å². The molecule has 0 fully saturated rings. The topological polar surface area (TPSA) is 71.5 Å². The fourth-order valence-electron chi connectivity index (χ4n) is 4.07. The molecule has 4 rings (SSSR count). The molecule has 0 aliphatic rings. The van der Waals surface area contributed by atoms with Crippen LogP contribution >= 0.6 is 0 Å². The molecule has 0 spiro atoms. The molecule has 5 heteroatoms. The summed E-state index contributed by atoms with van der Waals surface area (Å²) in [6.07, 6.45) is 3.36. The van der Waals surface area contributed by atoms with Crippen molar-refractivity contribution in [1.82, 2.24) is 4.98 Å². The van der Waals surface area contributed by atoms with E-state index in [2.05, 4.69) is 34.6 Å². The predicted octanol–water partition coefficient (Wildman–Crippen LogP) is 6.43. The molecule has 0 bridgehead atoms. The normalized spacial score (nSPS) is 11.5. The number of carbonyl (C=O) groups is 1. The molecule has 35 heavy (non-hydrogen) atoms. The molecule has 0 saturated heterocycles. The van der Waals surface area contributed by atoms with Crippen LogP contribution in [0.1, 0.15) is 29.9 Å². The zero-order chi connectivity index (χ0) is 24.3. The van der Waals surface area contributed by atoms with Gasteiger partial charge in [-0.2, -0.15) is 0 Å². The Labute approximate surface area is 206 Å². The minimum absolute atomic E-state index is 0.0831. The number of pyridine rings is 1. The standard InChI is InChI=1S/C30H30N2O3/c33-30(34)22-27(26-11-6-10-25(21-26)24-8-2-1-3-9-24)20-23-13-15-28(16-14-23)35-19-7-18-32-29-12-4-5-17-31-29/h1-6,8-17,21,27H,7,18-20,22H2,(H,31,32)(H,33,34). The first-order chi connectivity index (χ1) is 17.2. The Morgan fingerprint density at radius 2 is 1.66 bits per heavy atom. The summed E-state index contributed by atoms with van der Waals surface area (Å²) >= 11 is 0. The average molecular weight is 467 g/mol. The fourth-order valence-corrected chi connectivity index (χ4v) is 4.07. The molecular formula is C30H30N2O3. The molecule has 0 saturated carbocycles. The molecule has 1 atom stereocenters. The first kappa shape index (κ1) is 24.0. The van der Waals surface area contributed by atoms with E-state index in [9.17, 15) is 9.90 Å². The van der Waals surface area contributed by atoms with Crippen molar-refractivity contribution in [2.75, 3.05) is 18.5 Å². The number of benzene rings is 3. The Bertz CT molecular complexity index is 1200. The van der Waals surface area contributed by atoms with Crippen LogP contribution in [0.25, 0.3) is 11.1 Å². The molecule has 4 aromatic rings. The predicted molar refractivity (Wildman–Crippen MR) is 140 cm³/mol. The minimum Gasteiger partial charge on any atom is -0.494 e. The number of carboxylic acids is 1. The van der Waals surface area contributed by atoms with E-state index < -0.39 is 5.97 Å². The van der Waals surface area contributed by atoms with Gasteiger partial charge in [0, 0.05) is 12.7 Å². The quantitative estimate of drug-likeness (QED) is 0.235. The number of hydrogen-bond donors (Lipinski definition) is 2. The molecule has 2 N–H and O–H groups in total. The lowest BCUT2D eigenvalue weighted by Crippen LogP contribution is -2.10. The molecule has 0 amide bonds. The number of rotatable bonds is 12. The third-order valence-electron chi connectivity index (χ3n) is 5.85. The van der Waals surface area contributed by atoms with E-state index in [1.54, 1.807) is 6.20 Å². The number of aliphatic carboxylic acids is 1. The second-order valence-electron chi connectivity index (χ2n) is 8.48. The molecule has 5 nitrogen and oxygen atoms in total. The molecule has 3 aromatic carbocycles. The molecular weight excluding hydrogens is 436 g/mol. The van der Waals surface area contributed by atoms with Gasteiger partial charge >= 0.3 is 5.97 Å². The van der Waals surface area contributed by atoms with Crippen molar-refractivity contribution in [1.29, 1.82) is 0 Å². The lowest BCUT2D eigenvalue weighted by atomic mass is 9.87. The van der Waals surface area contributed by atoms with Crippen molar-refractivity contribution in [3.05, 3.63) is 114 Å². The number of ether oxygens (including phenoxy) is 1. The SMILES string of the molecule is O=C(O)CC(Cc1ccc(OCCCNc2ccccn2)cc1)c1cccc(-c2ccccc2)c1. The van der Waals surface area contributed by atoms with Gasteiger partial charge in [0.05, 0.1) is 13.0 Å². The van der Waals surface area contributed by atoms with Crippen LogP contribution < -0.4 is 10.1 Å². The zero-order valence-corrected chi connectivity index (χ0v) is 19.6. The molecule has 178 valence electrons. The van der Waals surface area contributed by atoms with E-state index in [1.807, 2.05) is 72.8 Å². The van der Waals surface area contributed by atoms with Crippen LogP contribution in [0, 0.1) is 0 Å². The Kier molecular flexibility index (Phi) is 8.49. The van der Waals surface area contributed by atoms with Crippen molar-refractivity contribution in [3.8, 4) is 16.9 Å². The van der Waals surface area contributed by atoms with Crippen LogP contribution in [0.15, 0.2) is 103 Å². The summed E-state index contributed by atoms with van der Waals surface area (Å²) in [5, 5.41) is 12.8. The molecule has 1 heterocycles. The molecule has 1 aromatic heterocycles. The van der Waals surface area contributed by atoms with Crippen molar-refractivity contribution >= 4 is 11.8 Å². The van der Waals surface area contributed by atoms with E-state index in [0.717, 1.165) is 46.8 Å². The van der Waals surface area contributed by atoms with Crippen molar-refractivity contribution in [2.24, 2.45) is 0 Å². The molecule has 1 unspecified atom stereocenters. The third-order valence-corrected chi connectivity index (χ3v) is 5.85. The lowest BCUT2D eigenvalue weighted by Gasteiger charge is -2.17. The van der Waals surface area contributed by atoms with Gasteiger partial charge in [-0.25, -0.2) is 4.98 Å². The molecule has 0 aliphatic heterocycles. The summed E-state index contributed by atoms with van der Waals surface area (Å²) in [6, 6.07) is 32.1. The minimum atomic E-state index is -0.792. The highest BCUT2D eigenvalue weighted by Gasteiger charge is 2.17. The maximum absolute atomic E-state index is 11.6. The Balaban J connectivity index is 1.34. The van der Waals surface area contributed by atoms with E-state index in [4.69, 9.17) is 4.74 Å². The first-order valence-electron chi connectivity index (χ1n) is 11.9. The number of aromatic nitrogens is 1. The van der Waals surface area contributed by atoms with Gasteiger partial charge in [-0.05, 0) is 65.3 Å². The van der Waals surface area contributed by atoms with Gasteiger partial charge in [-0.3, -0.25) is 4.79 Å². The van der Waals surface area contributed by atoms with Gasteiger partial charge in [-0.15, -0.1) is 0 Å². The number of nitrogens with one attached hydrogen (secondary N) is 1. The van der Waals surface area contributed by atoms with Crippen LogP contribution in [0.4, 0.5) is 5.82 Å². The Hall–Kier alpha value is -4.12. The van der Waals surface area contributed by atoms with Crippen LogP contribution in [0.3, 0.4) is 0 Å². The van der Waals surface area contributed by atoms with Crippen LogP contribution in [-0.4, -0.2) is 29.2 Å². The van der Waals surface area contributed by atoms with Gasteiger partial charge in [0.25, 0.3) is 0 Å². The smallest absolute Gasteiger partial charge is 0.303 e. The highest BCUT2D eigenvalue weighted by molar-refractivity contribution is 5.69. The van der Waals surface area contributed by atoms with Gasteiger partial charge in [0.1, 0.15) is 11.6 Å². The summed E-state index contributed by atoms with van der Waals surface area (Å²) in [5.41, 5.74) is 4.35. The first-order valence-corrected chi connectivity index (χ1v) is 11.9. The zero-order valence-electron chi connectivity index (χ0n) is 19.6. The Morgan fingerprint density at radius 3 is 2.40 bits per heavy atom. The second kappa shape index (κ2) is 12.4. The monoisotopic (exact) mass is 466 g/mol. The molecule has 0 aliphatic carbocycles. The summed E-state index contributed by atoms with van der Waals surface area (Å²) in [7, 11) is 0. The van der Waals surface area contributed by atoms with Crippen molar-refractivity contribution in [2.45, 2.75) is 25.2 Å². The van der Waals surface area contributed by atoms with E-state index in [-0.39, 0.29) is 12.3 Å². The van der Waals surface area contributed by atoms with Gasteiger partial charge in [-0.1, -0.05) is 72.8 Å². The third kappa shape index (κ3) is 7.44. The van der Waals surface area contributed by atoms with Crippen LogP contribution in [-0.2, 0) is 11.2 Å². The number of carboxylic acid groups (broad SMARTS) is 1. The number of hydrogen-bond acceptors (Lipinski definition) is 4. The van der Waals surface area contributed by atoms with Crippen molar-refractivity contribution < 1.29 is 14.6 Å². The van der Waals surface area contributed by atoms with Crippen molar-refractivity contribution in [3.63, 3.8) is 0 Å². The summed E-state index contributed by atoms with van der Waals surface area (Å²) in [4.78, 5) is 15.9. The Morgan fingerprint density at radius 1 is 0.886 bits per heavy atom. The maximum atomic E-state index is 11.6. The average Bonchev–Trinajstić information content (AvgIpc) is 2.90. The van der Waals surface area contributed by atoms with Crippen LogP contribution in [0.5, 0.6) is 5.75 Å². The summed E-state index contributed by atoms with van der Waals surface area (Å²) in [6.45, 7) is 1.39. The van der Waals surface area contributed by atoms with Gasteiger partial charge in [0.15, 0.2) is 0 Å². The number of nitrogens with zero attached hydrogens (tertiary/aromatic N) is 1. The fraction of sp³-hybridized carbons (Fsp3) is 0.200. The number of anilines is 1. The van der Waals surface area contributed by atoms with Crippen LogP contribution in [0.2, 0.25) is 0 Å². The summed E-state index contributed by atoms with van der Waals surface area (Å²) < 4.78 is 5.86.